The molecule has 2 aromatic carbocycles. The van der Waals surface area contributed by atoms with Gasteiger partial charge in [0.05, 0.1) is 34.2 Å². The zero-order valence-corrected chi connectivity index (χ0v) is 89.7. The van der Waals surface area contributed by atoms with E-state index in [0.29, 0.717) is 5.69 Å². The van der Waals surface area contributed by atoms with Crippen LogP contribution in [0.4, 0.5) is 13.2 Å². The Morgan fingerprint density at radius 3 is 0.745 bits per heavy atom. The molecule has 0 amide bonds. The third kappa shape index (κ3) is 36.0. The molecule has 0 aliphatic rings. The van der Waals surface area contributed by atoms with Gasteiger partial charge >= 0.3 is 112 Å². The molecule has 33 nitrogen and oxygen atoms in total. The Labute approximate surface area is 884 Å². The number of hydrogen-bond acceptors (Lipinski definition) is 24. The van der Waals surface area contributed by atoms with Crippen molar-refractivity contribution in [3.63, 3.8) is 0 Å². The monoisotopic (exact) mass is 2790 g/mol. The number of fused-ring (bicyclic) bond motifs is 1. The first-order chi connectivity index (χ1) is 65.5. The maximum Gasteiger partial charge on any atom is 2.00 e. The molecule has 0 spiro atoms. The van der Waals surface area contributed by atoms with E-state index in [1.54, 1.807) is 67.8 Å². The second-order valence-electron chi connectivity index (χ2n) is 32.6. The van der Waals surface area contributed by atoms with Crippen LogP contribution in [-0.2, 0) is 128 Å². The Balaban J connectivity index is 0.000000212. The summed E-state index contributed by atoms with van der Waals surface area (Å²) < 4.78 is 36.6. The molecule has 0 saturated heterocycles. The average Bonchev–Trinajstić information content (AvgIpc) is 1.77. The van der Waals surface area contributed by atoms with E-state index >= 15 is 0 Å². The van der Waals surface area contributed by atoms with Crippen LogP contribution < -0.4 is 45.9 Å². The minimum Gasteiger partial charge on any atom is -0.574 e. The van der Waals surface area contributed by atoms with Gasteiger partial charge in [0.15, 0.2) is 0 Å². The summed E-state index contributed by atoms with van der Waals surface area (Å²) >= 11 is 0. The van der Waals surface area contributed by atoms with E-state index in [2.05, 4.69) is 247 Å². The van der Waals surface area contributed by atoms with Crippen LogP contribution in [0.15, 0.2) is 306 Å². The van der Waals surface area contributed by atoms with Crippen molar-refractivity contribution in [3.8, 4) is 114 Å². The third-order valence-electron chi connectivity index (χ3n) is 18.6. The van der Waals surface area contributed by atoms with Gasteiger partial charge in [0, 0.05) is 146 Å². The fraction of sp³-hybridized carbons (Fsp3) is 0.180. The molecule has 728 valence electrons. The Kier molecular flexibility index (Phi) is 45.5. The van der Waals surface area contributed by atoms with Crippen LogP contribution in [0.25, 0.3) is 125 Å². The maximum atomic E-state index is 12.2. The molecule has 0 aliphatic heterocycles. The Bertz CT molecular complexity index is 6350. The minimum absolute atomic E-state index is 0. The van der Waals surface area contributed by atoms with E-state index in [4.69, 9.17) is 0 Å². The molecule has 21 aromatic rings. The van der Waals surface area contributed by atoms with Crippen LogP contribution in [0.2, 0.25) is 0 Å². The molecule has 0 atom stereocenters. The van der Waals surface area contributed by atoms with Crippen LogP contribution in [0.3, 0.4) is 0 Å². The van der Waals surface area contributed by atoms with E-state index < -0.39 is 11.9 Å². The SMILES string of the molecule is CC(C)(C)c1cc(-c2ccccn2)[n-]n1.CC(C)(C)c1cc(-c2ccccn2)[n-]n1.CC(C)(C)c1cc(-c2ccncn2)[n-]n1.Cc1cc(-c2ccncn2)[n-]n1.Cc1cc(-c2ccncn2)[n-]n1.Cc1cc(-c2ccncn2)[n-]n1.Cc1cc(-c2ccncn2)[n-]n1.Cc1cc(-c2nccc3ccccc23)[n-]n1.FC(F)(F)c1cc(-c2ccccn2)[n-]n1.[Pt+2].[Pt+2].[Pt+2].[Pt+2].[Pt+2].[c-]1ccccc1-c1ccccn1. The van der Waals surface area contributed by atoms with Gasteiger partial charge in [-0.25, -0.2) is 49.8 Å². The van der Waals surface area contributed by atoms with E-state index in [1.165, 1.54) is 43.2 Å². The molecule has 141 heavy (non-hydrogen) atoms. The zero-order valence-electron chi connectivity index (χ0n) is 78.3. The normalized spacial score (nSPS) is 10.4. The molecule has 0 saturated carbocycles. The smallest absolute Gasteiger partial charge is 0.574 e. The molecule has 0 fully saturated rings. The standard InChI is InChI=1S/C13H10N3.2C12H14N3.C11H13N4.C11H8N.C9H5F3N3.4C8H7N4.5Pt/c1-9-8-12(16-15-9)13-11-5-3-2-4-10(11)6-7-14-13;2*1-12(2,3)11-8-10(14-15-11)9-6-4-5-7-13-9;1-11(2,3)10-6-9(14-15-10)8-4-5-12-7-13-8;1-2-6-10(7-3-1)11-8-4-5-9-12-11;10-9(11,12)8-5-7(14-15-8)6-3-1-2-4-13-6;4*1-6-4-8(12-11-6)7-2-3-9-5-10-7;;;;;/h2-8H,1H3;2*4-8H,1-3H3;4-7H,1-3H3;1-6,8-9H;1-5H;4*2-5H,1H3;;;;;/q10*-1;5*+2. The van der Waals surface area contributed by atoms with Crippen molar-refractivity contribution >= 4 is 10.8 Å². The van der Waals surface area contributed by atoms with Crippen molar-refractivity contribution in [1.29, 1.82) is 0 Å². The molecule has 0 N–H and O–H groups in total. The summed E-state index contributed by atoms with van der Waals surface area (Å²) in [5.41, 5.74) is 22.4. The fourth-order valence-electron chi connectivity index (χ4n) is 11.6. The average molecular weight is 2790 g/mol. The van der Waals surface area contributed by atoms with Crippen LogP contribution in [0, 0.1) is 40.7 Å². The zero-order chi connectivity index (χ0) is 96.3. The number of benzene rings is 2. The predicted octanol–water partition coefficient (Wildman–Crippen LogP) is 17.0. The molecular weight excluding hydrogens is 2700 g/mol. The number of hydrogen-bond donors (Lipinski definition) is 0. The summed E-state index contributed by atoms with van der Waals surface area (Å²) in [5, 5.41) is 73.1. The molecule has 0 radical (unpaired) electrons. The van der Waals surface area contributed by atoms with Crippen LogP contribution >= 0.6 is 0 Å². The third-order valence-corrected chi connectivity index (χ3v) is 18.6. The Morgan fingerprint density at radius 1 is 0.234 bits per heavy atom. The first-order valence-electron chi connectivity index (χ1n) is 42.3. The van der Waals surface area contributed by atoms with Crippen molar-refractivity contribution in [1.82, 2.24) is 167 Å². The second-order valence-corrected chi connectivity index (χ2v) is 32.6. The van der Waals surface area contributed by atoms with E-state index in [-0.39, 0.29) is 127 Å². The van der Waals surface area contributed by atoms with Crippen molar-refractivity contribution in [2.75, 3.05) is 0 Å². The van der Waals surface area contributed by atoms with E-state index in [1.807, 2.05) is 217 Å². The number of pyridine rings is 5. The van der Waals surface area contributed by atoms with Crippen LogP contribution in [0.1, 0.15) is 114 Å². The number of rotatable bonds is 10. The number of halogens is 3. The van der Waals surface area contributed by atoms with E-state index in [0.717, 1.165) is 159 Å². The van der Waals surface area contributed by atoms with Gasteiger partial charge in [0.2, 0.25) is 0 Å². The number of aryl methyl sites for hydroxylation is 5. The van der Waals surface area contributed by atoms with Gasteiger partial charge in [0.25, 0.3) is 0 Å². The Morgan fingerprint density at radius 2 is 0.496 bits per heavy atom. The Hall–Kier alpha value is -14.0. The van der Waals surface area contributed by atoms with Crippen LogP contribution in [0.5, 0.6) is 0 Å². The molecule has 41 heteroatoms. The van der Waals surface area contributed by atoms with Gasteiger partial charge in [-0.1, -0.05) is 217 Å². The molecule has 0 unspecified atom stereocenters. The summed E-state index contributed by atoms with van der Waals surface area (Å²) in [6, 6.07) is 68.9. The maximum absolute atomic E-state index is 12.2. The number of alkyl halides is 3. The summed E-state index contributed by atoms with van der Waals surface area (Å²) in [4.78, 5) is 60.4. The molecule has 21 rings (SSSR count). The summed E-state index contributed by atoms with van der Waals surface area (Å²) in [6.07, 6.45) is 20.1. The van der Waals surface area contributed by atoms with Gasteiger partial charge < -0.3 is 96.8 Å². The summed E-state index contributed by atoms with van der Waals surface area (Å²) in [5.74, 6) is 0. The molecule has 19 heterocycles. The summed E-state index contributed by atoms with van der Waals surface area (Å²) in [6.45, 7) is 28.6. The second kappa shape index (κ2) is 56.3. The molecule has 0 aliphatic carbocycles. The van der Waals surface area contributed by atoms with Gasteiger partial charge in [-0.2, -0.15) is 13.2 Å². The quantitative estimate of drug-likeness (QED) is 0.115. The van der Waals surface area contributed by atoms with Crippen molar-refractivity contribution in [2.24, 2.45) is 0 Å². The van der Waals surface area contributed by atoms with Gasteiger partial charge in [-0.3, -0.25) is 19.9 Å². The van der Waals surface area contributed by atoms with Gasteiger partial charge in [-0.05, 0) is 131 Å². The topological polar surface area (TPSA) is 436 Å². The number of nitrogens with zero attached hydrogens (tertiary/aromatic N) is 33. The molecule has 0 bridgehead atoms. The van der Waals surface area contributed by atoms with Crippen molar-refractivity contribution in [2.45, 2.75) is 119 Å². The van der Waals surface area contributed by atoms with Crippen molar-refractivity contribution in [3.05, 3.63) is 363 Å². The van der Waals surface area contributed by atoms with Crippen molar-refractivity contribution < 1.29 is 118 Å². The van der Waals surface area contributed by atoms with Gasteiger partial charge in [0.1, 0.15) is 37.3 Å². The largest absolute Gasteiger partial charge is 2.00 e. The van der Waals surface area contributed by atoms with Gasteiger partial charge in [-0.15, -0.1) is 35.9 Å². The fourth-order valence-corrected chi connectivity index (χ4v) is 11.6. The van der Waals surface area contributed by atoms with Crippen LogP contribution in [-0.4, -0.2) is 121 Å². The first-order valence-corrected chi connectivity index (χ1v) is 42.3. The molecular formula is C100H92F3N33Pt5. The molecule has 19 aromatic heterocycles. The number of aromatic nitrogens is 33. The minimum atomic E-state index is -4.46. The van der Waals surface area contributed by atoms with E-state index in [9.17, 15) is 13.2 Å². The summed E-state index contributed by atoms with van der Waals surface area (Å²) in [7, 11) is 0. The first kappa shape index (κ1) is 114. The predicted molar refractivity (Wildman–Crippen MR) is 507 cm³/mol.